The van der Waals surface area contributed by atoms with E-state index >= 15 is 0 Å². The second kappa shape index (κ2) is 6.21. The Labute approximate surface area is 109 Å². The third-order valence-electron chi connectivity index (χ3n) is 3.77. The number of rotatable bonds is 5. The monoisotopic (exact) mass is 255 g/mol. The Morgan fingerprint density at radius 1 is 1.44 bits per heavy atom. The van der Waals surface area contributed by atoms with E-state index in [1.54, 1.807) is 0 Å². The molecule has 0 aromatic carbocycles. The molecule has 4 nitrogen and oxygen atoms in total. The highest BCUT2D eigenvalue weighted by Crippen LogP contribution is 2.38. The zero-order chi connectivity index (χ0) is 13.8. The SMILES string of the molecule is CCCC(NC(=O)C1CCCC(C)(C)C1)C(=O)O. The van der Waals surface area contributed by atoms with Crippen LogP contribution in [0, 0.1) is 11.3 Å². The first-order chi connectivity index (χ1) is 8.35. The van der Waals surface area contributed by atoms with E-state index in [0.29, 0.717) is 6.42 Å². The summed E-state index contributed by atoms with van der Waals surface area (Å²) in [6.07, 6.45) is 5.19. The fraction of sp³-hybridized carbons (Fsp3) is 0.857. The van der Waals surface area contributed by atoms with Gasteiger partial charge in [0.05, 0.1) is 0 Å². The number of aliphatic carboxylic acids is 1. The zero-order valence-corrected chi connectivity index (χ0v) is 11.7. The number of carboxylic acids is 1. The minimum absolute atomic E-state index is 0.0209. The lowest BCUT2D eigenvalue weighted by molar-refractivity contribution is -0.143. The largest absolute Gasteiger partial charge is 0.480 e. The van der Waals surface area contributed by atoms with E-state index in [2.05, 4.69) is 19.2 Å². The lowest BCUT2D eigenvalue weighted by atomic mass is 9.72. The van der Waals surface area contributed by atoms with Crippen molar-refractivity contribution in [3.05, 3.63) is 0 Å². The van der Waals surface area contributed by atoms with Gasteiger partial charge in [0.2, 0.25) is 5.91 Å². The Morgan fingerprint density at radius 2 is 2.11 bits per heavy atom. The first-order valence-electron chi connectivity index (χ1n) is 6.89. The molecule has 0 spiro atoms. The van der Waals surface area contributed by atoms with Crippen molar-refractivity contribution in [1.29, 1.82) is 0 Å². The number of carbonyl (C=O) groups excluding carboxylic acids is 1. The molecular formula is C14H25NO3. The van der Waals surface area contributed by atoms with Crippen molar-refractivity contribution in [3.63, 3.8) is 0 Å². The smallest absolute Gasteiger partial charge is 0.326 e. The molecule has 1 amide bonds. The molecular weight excluding hydrogens is 230 g/mol. The average Bonchev–Trinajstić information content (AvgIpc) is 2.26. The van der Waals surface area contributed by atoms with Gasteiger partial charge in [-0.3, -0.25) is 4.79 Å². The lowest BCUT2D eigenvalue weighted by Gasteiger charge is -2.34. The highest BCUT2D eigenvalue weighted by molar-refractivity contribution is 5.85. The summed E-state index contributed by atoms with van der Waals surface area (Å²) in [4.78, 5) is 23.1. The maximum Gasteiger partial charge on any atom is 0.326 e. The Kier molecular flexibility index (Phi) is 5.17. The number of nitrogens with one attached hydrogen (secondary N) is 1. The molecule has 104 valence electrons. The summed E-state index contributed by atoms with van der Waals surface area (Å²) in [5.41, 5.74) is 0.198. The first kappa shape index (κ1) is 15.0. The molecule has 1 fully saturated rings. The summed E-state index contributed by atoms with van der Waals surface area (Å²) in [5.74, 6) is -1.03. The van der Waals surface area contributed by atoms with E-state index in [4.69, 9.17) is 5.11 Å². The molecule has 1 saturated carbocycles. The third-order valence-corrected chi connectivity index (χ3v) is 3.77. The van der Waals surface area contributed by atoms with Gasteiger partial charge in [0.25, 0.3) is 0 Å². The van der Waals surface area contributed by atoms with Gasteiger partial charge < -0.3 is 10.4 Å². The summed E-state index contributed by atoms with van der Waals surface area (Å²) >= 11 is 0. The van der Waals surface area contributed by atoms with Gasteiger partial charge in [0.1, 0.15) is 6.04 Å². The van der Waals surface area contributed by atoms with E-state index < -0.39 is 12.0 Å². The van der Waals surface area contributed by atoms with E-state index in [1.165, 1.54) is 0 Å². The molecule has 1 aliphatic carbocycles. The van der Waals surface area contributed by atoms with Crippen LogP contribution in [0.4, 0.5) is 0 Å². The molecule has 0 aliphatic heterocycles. The van der Waals surface area contributed by atoms with Gasteiger partial charge in [-0.15, -0.1) is 0 Å². The average molecular weight is 255 g/mol. The summed E-state index contributed by atoms with van der Waals surface area (Å²) in [5, 5.41) is 11.7. The van der Waals surface area contributed by atoms with Crippen molar-refractivity contribution in [2.45, 2.75) is 65.3 Å². The van der Waals surface area contributed by atoms with E-state index in [9.17, 15) is 9.59 Å². The van der Waals surface area contributed by atoms with Gasteiger partial charge in [0, 0.05) is 5.92 Å². The minimum atomic E-state index is -0.930. The van der Waals surface area contributed by atoms with Crippen LogP contribution >= 0.6 is 0 Å². The van der Waals surface area contributed by atoms with Crippen LogP contribution in [0.2, 0.25) is 0 Å². The molecule has 0 radical (unpaired) electrons. The van der Waals surface area contributed by atoms with Crippen LogP contribution < -0.4 is 5.32 Å². The van der Waals surface area contributed by atoms with Gasteiger partial charge >= 0.3 is 5.97 Å². The fourth-order valence-electron chi connectivity index (χ4n) is 2.76. The van der Waals surface area contributed by atoms with Crippen LogP contribution in [0.1, 0.15) is 59.3 Å². The lowest BCUT2D eigenvalue weighted by Crippen LogP contribution is -2.45. The summed E-state index contributed by atoms with van der Waals surface area (Å²) in [6.45, 7) is 6.27. The Hall–Kier alpha value is -1.06. The zero-order valence-electron chi connectivity index (χ0n) is 11.7. The molecule has 2 unspecified atom stereocenters. The van der Waals surface area contributed by atoms with Crippen molar-refractivity contribution in [1.82, 2.24) is 5.32 Å². The normalized spacial score (nSPS) is 24.3. The summed E-state index contributed by atoms with van der Waals surface area (Å²) in [7, 11) is 0. The fourth-order valence-corrected chi connectivity index (χ4v) is 2.76. The second-order valence-corrected chi connectivity index (χ2v) is 6.15. The number of carbonyl (C=O) groups is 2. The van der Waals surface area contributed by atoms with Gasteiger partial charge in [-0.25, -0.2) is 4.79 Å². The Morgan fingerprint density at radius 3 is 2.61 bits per heavy atom. The van der Waals surface area contributed by atoms with Crippen molar-refractivity contribution < 1.29 is 14.7 Å². The van der Waals surface area contributed by atoms with Crippen molar-refractivity contribution in [3.8, 4) is 0 Å². The second-order valence-electron chi connectivity index (χ2n) is 6.15. The third kappa shape index (κ3) is 4.31. The molecule has 0 aromatic heterocycles. The van der Waals surface area contributed by atoms with Crippen molar-refractivity contribution in [2.75, 3.05) is 0 Å². The topological polar surface area (TPSA) is 66.4 Å². The number of hydrogen-bond donors (Lipinski definition) is 2. The number of hydrogen-bond acceptors (Lipinski definition) is 2. The molecule has 0 heterocycles. The van der Waals surface area contributed by atoms with Gasteiger partial charge in [-0.1, -0.05) is 33.6 Å². The minimum Gasteiger partial charge on any atom is -0.480 e. The van der Waals surface area contributed by atoms with E-state index in [-0.39, 0.29) is 17.2 Å². The molecule has 2 atom stereocenters. The summed E-state index contributed by atoms with van der Waals surface area (Å²) < 4.78 is 0. The molecule has 4 heteroatoms. The molecule has 18 heavy (non-hydrogen) atoms. The van der Waals surface area contributed by atoms with Crippen LogP contribution in [0.5, 0.6) is 0 Å². The Balaban J connectivity index is 2.55. The molecule has 0 bridgehead atoms. The molecule has 1 rings (SSSR count). The van der Waals surface area contributed by atoms with Gasteiger partial charge in [-0.2, -0.15) is 0 Å². The quantitative estimate of drug-likeness (QED) is 0.793. The maximum absolute atomic E-state index is 12.1. The standard InChI is InChI=1S/C14H25NO3/c1-4-6-11(13(17)18)15-12(16)10-7-5-8-14(2,3)9-10/h10-11H,4-9H2,1-3H3,(H,15,16)(H,17,18). The predicted octanol–water partition coefficient (Wildman–Crippen LogP) is 2.57. The molecule has 1 aliphatic rings. The highest BCUT2D eigenvalue weighted by atomic mass is 16.4. The van der Waals surface area contributed by atoms with Crippen molar-refractivity contribution >= 4 is 11.9 Å². The first-order valence-corrected chi connectivity index (χ1v) is 6.89. The van der Waals surface area contributed by atoms with Gasteiger partial charge in [0.15, 0.2) is 0 Å². The molecule has 0 saturated heterocycles. The van der Waals surface area contributed by atoms with E-state index in [1.807, 2.05) is 6.92 Å². The van der Waals surface area contributed by atoms with E-state index in [0.717, 1.165) is 32.1 Å². The molecule has 0 aromatic rings. The van der Waals surface area contributed by atoms with Crippen LogP contribution in [0.15, 0.2) is 0 Å². The number of carboxylic acid groups (broad SMARTS) is 1. The van der Waals surface area contributed by atoms with Gasteiger partial charge in [-0.05, 0) is 31.1 Å². The van der Waals surface area contributed by atoms with Crippen molar-refractivity contribution in [2.24, 2.45) is 11.3 Å². The van der Waals surface area contributed by atoms with Crippen LogP contribution in [-0.4, -0.2) is 23.0 Å². The van der Waals surface area contributed by atoms with Crippen LogP contribution in [-0.2, 0) is 9.59 Å². The molecule has 2 N–H and O–H groups in total. The predicted molar refractivity (Wildman–Crippen MR) is 70.2 cm³/mol. The maximum atomic E-state index is 12.1. The van der Waals surface area contributed by atoms with Crippen LogP contribution in [0.3, 0.4) is 0 Å². The number of amides is 1. The summed E-state index contributed by atoms with van der Waals surface area (Å²) in [6, 6.07) is -0.729. The highest BCUT2D eigenvalue weighted by Gasteiger charge is 2.33. The Bertz CT molecular complexity index is 312. The van der Waals surface area contributed by atoms with Crippen LogP contribution in [0.25, 0.3) is 0 Å².